The smallest absolute Gasteiger partial charge is 0.354 e. The SMILES string of the molecule is O=C(O)c1cccc(C(=O)N[C@@H](c2ccccc2)[C@H]2CCCO2)n1. The molecule has 124 valence electrons. The van der Waals surface area contributed by atoms with E-state index < -0.39 is 11.9 Å². The third kappa shape index (κ3) is 3.60. The lowest BCUT2D eigenvalue weighted by Crippen LogP contribution is -2.36. The van der Waals surface area contributed by atoms with E-state index >= 15 is 0 Å². The monoisotopic (exact) mass is 326 g/mol. The fourth-order valence-corrected chi connectivity index (χ4v) is 2.81. The number of carboxylic acid groups (broad SMARTS) is 1. The molecule has 6 heteroatoms. The van der Waals surface area contributed by atoms with Crippen LogP contribution in [0.15, 0.2) is 48.5 Å². The van der Waals surface area contributed by atoms with Gasteiger partial charge in [-0.3, -0.25) is 4.79 Å². The molecule has 1 aromatic carbocycles. The van der Waals surface area contributed by atoms with Crippen molar-refractivity contribution in [2.24, 2.45) is 0 Å². The highest BCUT2D eigenvalue weighted by Gasteiger charge is 2.29. The standard InChI is InChI=1S/C18H18N2O4/c21-17(13-8-4-9-14(19-13)18(22)23)20-16(15-10-5-11-24-15)12-6-2-1-3-7-12/h1-4,6-9,15-16H,5,10-11H2,(H,20,21)(H,22,23)/t15-,16+/m1/s1. The van der Waals surface area contributed by atoms with E-state index in [0.29, 0.717) is 6.61 Å². The molecule has 0 radical (unpaired) electrons. The molecule has 0 saturated carbocycles. The van der Waals surface area contributed by atoms with Crippen LogP contribution in [0.2, 0.25) is 0 Å². The molecule has 2 N–H and O–H groups in total. The van der Waals surface area contributed by atoms with E-state index in [-0.39, 0.29) is 23.5 Å². The van der Waals surface area contributed by atoms with Crippen molar-refractivity contribution in [1.82, 2.24) is 10.3 Å². The average Bonchev–Trinajstić information content (AvgIpc) is 3.14. The number of carboxylic acids is 1. The highest BCUT2D eigenvalue weighted by atomic mass is 16.5. The van der Waals surface area contributed by atoms with Gasteiger partial charge < -0.3 is 15.2 Å². The second-order valence-electron chi connectivity index (χ2n) is 5.63. The Kier molecular flexibility index (Phi) is 4.86. The van der Waals surface area contributed by atoms with Crippen molar-refractivity contribution in [2.75, 3.05) is 6.61 Å². The number of amides is 1. The van der Waals surface area contributed by atoms with Gasteiger partial charge >= 0.3 is 5.97 Å². The van der Waals surface area contributed by atoms with E-state index in [0.717, 1.165) is 18.4 Å². The summed E-state index contributed by atoms with van der Waals surface area (Å²) in [5.74, 6) is -1.58. The molecule has 0 unspecified atom stereocenters. The van der Waals surface area contributed by atoms with Crippen molar-refractivity contribution in [3.05, 3.63) is 65.5 Å². The summed E-state index contributed by atoms with van der Waals surface area (Å²) in [6, 6.07) is 13.7. The van der Waals surface area contributed by atoms with Crippen LogP contribution in [0.5, 0.6) is 0 Å². The molecule has 0 bridgehead atoms. The number of carbonyl (C=O) groups is 2. The molecular weight excluding hydrogens is 308 g/mol. The summed E-state index contributed by atoms with van der Waals surface area (Å²) in [7, 11) is 0. The maximum atomic E-state index is 12.5. The van der Waals surface area contributed by atoms with Gasteiger partial charge in [-0.05, 0) is 30.5 Å². The number of aromatic carboxylic acids is 1. The van der Waals surface area contributed by atoms with Crippen LogP contribution in [0.1, 0.15) is 45.4 Å². The summed E-state index contributed by atoms with van der Waals surface area (Å²) < 4.78 is 5.74. The predicted molar refractivity (Wildman–Crippen MR) is 86.8 cm³/mol. The second-order valence-corrected chi connectivity index (χ2v) is 5.63. The molecule has 1 aromatic heterocycles. The number of nitrogens with one attached hydrogen (secondary N) is 1. The number of carbonyl (C=O) groups excluding carboxylic acids is 1. The van der Waals surface area contributed by atoms with Crippen LogP contribution >= 0.6 is 0 Å². The van der Waals surface area contributed by atoms with E-state index in [1.165, 1.54) is 18.2 Å². The molecule has 1 aliphatic heterocycles. The number of ether oxygens (including phenoxy) is 1. The quantitative estimate of drug-likeness (QED) is 0.881. The Morgan fingerprint density at radius 2 is 1.88 bits per heavy atom. The molecule has 2 atom stereocenters. The van der Waals surface area contributed by atoms with E-state index in [1.54, 1.807) is 0 Å². The predicted octanol–water partition coefficient (Wildman–Crippen LogP) is 2.43. The third-order valence-electron chi connectivity index (χ3n) is 3.98. The van der Waals surface area contributed by atoms with E-state index in [4.69, 9.17) is 9.84 Å². The highest BCUT2D eigenvalue weighted by Crippen LogP contribution is 2.27. The van der Waals surface area contributed by atoms with E-state index in [2.05, 4.69) is 10.3 Å². The lowest BCUT2D eigenvalue weighted by Gasteiger charge is -2.24. The van der Waals surface area contributed by atoms with Crippen LogP contribution in [0.3, 0.4) is 0 Å². The van der Waals surface area contributed by atoms with Gasteiger partial charge in [0.1, 0.15) is 11.4 Å². The Hall–Kier alpha value is -2.73. The molecule has 1 fully saturated rings. The van der Waals surface area contributed by atoms with Crippen molar-refractivity contribution in [2.45, 2.75) is 25.0 Å². The summed E-state index contributed by atoms with van der Waals surface area (Å²) in [5.41, 5.74) is 0.872. The van der Waals surface area contributed by atoms with Crippen LogP contribution in [0.25, 0.3) is 0 Å². The van der Waals surface area contributed by atoms with Crippen molar-refractivity contribution in [1.29, 1.82) is 0 Å². The van der Waals surface area contributed by atoms with E-state index in [1.807, 2.05) is 30.3 Å². The molecule has 1 aliphatic rings. The Balaban J connectivity index is 1.83. The molecule has 2 aromatic rings. The molecular formula is C18H18N2O4. The van der Waals surface area contributed by atoms with Gasteiger partial charge in [-0.25, -0.2) is 9.78 Å². The number of pyridine rings is 1. The minimum atomic E-state index is -1.16. The zero-order valence-corrected chi connectivity index (χ0v) is 13.0. The highest BCUT2D eigenvalue weighted by molar-refractivity contribution is 5.94. The number of hydrogen-bond donors (Lipinski definition) is 2. The molecule has 2 heterocycles. The first kappa shape index (κ1) is 16.1. The normalized spacial score (nSPS) is 18.1. The van der Waals surface area contributed by atoms with Crippen molar-refractivity contribution in [3.63, 3.8) is 0 Å². The second kappa shape index (κ2) is 7.23. The molecule has 3 rings (SSSR count). The first-order valence-corrected chi connectivity index (χ1v) is 7.83. The van der Waals surface area contributed by atoms with Crippen LogP contribution < -0.4 is 5.32 Å². The molecule has 1 saturated heterocycles. The van der Waals surface area contributed by atoms with Crippen LogP contribution in [0, 0.1) is 0 Å². The van der Waals surface area contributed by atoms with Crippen LogP contribution in [0.4, 0.5) is 0 Å². The summed E-state index contributed by atoms with van der Waals surface area (Å²) in [4.78, 5) is 27.4. The zero-order chi connectivity index (χ0) is 16.9. The number of aromatic nitrogens is 1. The maximum Gasteiger partial charge on any atom is 0.354 e. The number of rotatable bonds is 5. The lowest BCUT2D eigenvalue weighted by atomic mass is 9.99. The van der Waals surface area contributed by atoms with Gasteiger partial charge in [0.2, 0.25) is 0 Å². The topological polar surface area (TPSA) is 88.5 Å². The minimum absolute atomic E-state index is 0.0776. The van der Waals surface area contributed by atoms with Gasteiger partial charge in [0.25, 0.3) is 5.91 Å². The lowest BCUT2D eigenvalue weighted by molar-refractivity contribution is 0.0667. The maximum absolute atomic E-state index is 12.5. The molecule has 24 heavy (non-hydrogen) atoms. The van der Waals surface area contributed by atoms with Gasteiger partial charge in [0.05, 0.1) is 12.1 Å². The molecule has 0 aliphatic carbocycles. The Labute approximate surface area is 139 Å². The average molecular weight is 326 g/mol. The minimum Gasteiger partial charge on any atom is -0.477 e. The molecule has 1 amide bonds. The summed E-state index contributed by atoms with van der Waals surface area (Å²) in [6.07, 6.45) is 1.72. The van der Waals surface area contributed by atoms with Crippen LogP contribution in [-0.4, -0.2) is 34.7 Å². The summed E-state index contributed by atoms with van der Waals surface area (Å²) in [5, 5.41) is 11.9. The van der Waals surface area contributed by atoms with Gasteiger partial charge in [0, 0.05) is 6.61 Å². The fraction of sp³-hybridized carbons (Fsp3) is 0.278. The van der Waals surface area contributed by atoms with Gasteiger partial charge in [-0.1, -0.05) is 36.4 Å². The number of hydrogen-bond acceptors (Lipinski definition) is 4. The van der Waals surface area contributed by atoms with E-state index in [9.17, 15) is 9.59 Å². The third-order valence-corrected chi connectivity index (χ3v) is 3.98. The Morgan fingerprint density at radius 1 is 1.12 bits per heavy atom. The summed E-state index contributed by atoms with van der Waals surface area (Å²) >= 11 is 0. The number of nitrogens with zero attached hydrogens (tertiary/aromatic N) is 1. The zero-order valence-electron chi connectivity index (χ0n) is 13.0. The first-order valence-electron chi connectivity index (χ1n) is 7.83. The van der Waals surface area contributed by atoms with Crippen LogP contribution in [-0.2, 0) is 4.74 Å². The fourth-order valence-electron chi connectivity index (χ4n) is 2.81. The molecule has 6 nitrogen and oxygen atoms in total. The number of benzene rings is 1. The summed E-state index contributed by atoms with van der Waals surface area (Å²) in [6.45, 7) is 0.677. The van der Waals surface area contributed by atoms with Gasteiger partial charge in [-0.2, -0.15) is 0 Å². The van der Waals surface area contributed by atoms with Crippen molar-refractivity contribution < 1.29 is 19.4 Å². The Bertz CT molecular complexity index is 727. The van der Waals surface area contributed by atoms with Gasteiger partial charge in [0.15, 0.2) is 0 Å². The van der Waals surface area contributed by atoms with Crippen molar-refractivity contribution >= 4 is 11.9 Å². The largest absolute Gasteiger partial charge is 0.477 e. The first-order chi connectivity index (χ1) is 11.6. The van der Waals surface area contributed by atoms with Crippen molar-refractivity contribution in [3.8, 4) is 0 Å². The Morgan fingerprint density at radius 3 is 2.54 bits per heavy atom. The van der Waals surface area contributed by atoms with Gasteiger partial charge in [-0.15, -0.1) is 0 Å². The molecule has 0 spiro atoms.